The molecule has 0 aromatic carbocycles. The van der Waals surface area contributed by atoms with Gasteiger partial charge in [-0.2, -0.15) is 0 Å². The summed E-state index contributed by atoms with van der Waals surface area (Å²) >= 11 is 0. The highest BCUT2D eigenvalue weighted by Crippen LogP contribution is 2.20. The zero-order chi connectivity index (χ0) is 14.0. The molecule has 0 saturated carbocycles. The van der Waals surface area contributed by atoms with E-state index in [-0.39, 0.29) is 5.41 Å². The van der Waals surface area contributed by atoms with Gasteiger partial charge in [-0.1, -0.05) is 41.5 Å². The van der Waals surface area contributed by atoms with Crippen LogP contribution in [-0.4, -0.2) is 48.4 Å². The normalized spacial score (nSPS) is 19.4. The summed E-state index contributed by atoms with van der Waals surface area (Å²) in [5.74, 6) is 0.296. The molecule has 0 radical (unpaired) electrons. The predicted octanol–water partition coefficient (Wildman–Crippen LogP) is 2.61. The zero-order valence-corrected chi connectivity index (χ0v) is 13.0. The lowest BCUT2D eigenvalue weighted by atomic mass is 9.92. The van der Waals surface area contributed by atoms with Gasteiger partial charge >= 0.3 is 0 Å². The molecule has 0 spiro atoms. The Balaban J connectivity index is 2.39. The molecule has 0 aromatic rings. The Labute approximate surface area is 113 Å². The number of hydrogen-bond donors (Lipinski definition) is 0. The molecule has 3 nitrogen and oxygen atoms in total. The second-order valence-corrected chi connectivity index (χ2v) is 7.96. The van der Waals surface area contributed by atoms with Crippen LogP contribution in [0.2, 0.25) is 0 Å². The summed E-state index contributed by atoms with van der Waals surface area (Å²) in [4.78, 5) is 16.4. The Morgan fingerprint density at radius 3 is 2.06 bits per heavy atom. The molecule has 0 aromatic heterocycles. The SMILES string of the molecule is CC(C)(C)CCN1CCN(CC(C)(C)C)C(=O)C1. The first-order valence-corrected chi connectivity index (χ1v) is 7.07. The van der Waals surface area contributed by atoms with Crippen molar-refractivity contribution in [3.05, 3.63) is 0 Å². The van der Waals surface area contributed by atoms with Gasteiger partial charge in [0.05, 0.1) is 6.54 Å². The lowest BCUT2D eigenvalue weighted by Crippen LogP contribution is -2.52. The fourth-order valence-electron chi connectivity index (χ4n) is 2.18. The third-order valence-corrected chi connectivity index (χ3v) is 3.24. The number of carbonyl (C=O) groups excluding carboxylic acids is 1. The quantitative estimate of drug-likeness (QED) is 0.773. The molecule has 0 unspecified atom stereocenters. The van der Waals surface area contributed by atoms with Gasteiger partial charge in [0.2, 0.25) is 5.91 Å². The van der Waals surface area contributed by atoms with Gasteiger partial charge < -0.3 is 4.90 Å². The molecule has 1 aliphatic heterocycles. The van der Waals surface area contributed by atoms with Crippen LogP contribution in [0.25, 0.3) is 0 Å². The topological polar surface area (TPSA) is 23.6 Å². The van der Waals surface area contributed by atoms with Gasteiger partial charge in [-0.25, -0.2) is 0 Å². The Kier molecular flexibility index (Phi) is 4.82. The molecule has 1 heterocycles. The second kappa shape index (κ2) is 5.60. The van der Waals surface area contributed by atoms with Gasteiger partial charge in [-0.15, -0.1) is 0 Å². The van der Waals surface area contributed by atoms with Crippen LogP contribution in [0.3, 0.4) is 0 Å². The average molecular weight is 254 g/mol. The number of piperazine rings is 1. The molecule has 1 saturated heterocycles. The summed E-state index contributed by atoms with van der Waals surface area (Å²) in [6.45, 7) is 17.8. The molecule has 1 aliphatic rings. The number of amides is 1. The van der Waals surface area contributed by atoms with Crippen LogP contribution in [0, 0.1) is 10.8 Å². The Morgan fingerprint density at radius 2 is 1.61 bits per heavy atom. The maximum absolute atomic E-state index is 12.1. The molecular formula is C15H30N2O. The maximum atomic E-state index is 12.1. The fourth-order valence-corrected chi connectivity index (χ4v) is 2.18. The number of rotatable bonds is 3. The van der Waals surface area contributed by atoms with E-state index in [2.05, 4.69) is 46.4 Å². The average Bonchev–Trinajstić information content (AvgIpc) is 2.15. The fraction of sp³-hybridized carbons (Fsp3) is 0.933. The molecule has 0 N–H and O–H groups in total. The summed E-state index contributed by atoms with van der Waals surface area (Å²) in [5.41, 5.74) is 0.550. The molecule has 0 bridgehead atoms. The van der Waals surface area contributed by atoms with Crippen molar-refractivity contribution < 1.29 is 4.79 Å². The van der Waals surface area contributed by atoms with Crippen molar-refractivity contribution in [1.29, 1.82) is 0 Å². The lowest BCUT2D eigenvalue weighted by molar-refractivity contribution is -0.137. The molecule has 0 atom stereocenters. The van der Waals surface area contributed by atoms with Gasteiger partial charge in [0, 0.05) is 19.6 Å². The monoisotopic (exact) mass is 254 g/mol. The van der Waals surface area contributed by atoms with Crippen molar-refractivity contribution in [2.24, 2.45) is 10.8 Å². The molecule has 1 rings (SSSR count). The minimum Gasteiger partial charge on any atom is -0.340 e. The van der Waals surface area contributed by atoms with Gasteiger partial charge in [-0.05, 0) is 23.8 Å². The van der Waals surface area contributed by atoms with Crippen LogP contribution in [0.4, 0.5) is 0 Å². The van der Waals surface area contributed by atoms with E-state index in [0.29, 0.717) is 17.9 Å². The first kappa shape index (κ1) is 15.5. The molecular weight excluding hydrogens is 224 g/mol. The Morgan fingerprint density at radius 1 is 1.00 bits per heavy atom. The standard InChI is InChI=1S/C15H30N2O/c1-14(2,3)7-8-16-9-10-17(13(18)11-16)12-15(4,5)6/h7-12H2,1-6H3. The van der Waals surface area contributed by atoms with Crippen molar-refractivity contribution >= 4 is 5.91 Å². The van der Waals surface area contributed by atoms with Crippen LogP contribution < -0.4 is 0 Å². The highest BCUT2D eigenvalue weighted by atomic mass is 16.2. The van der Waals surface area contributed by atoms with Gasteiger partial charge in [0.25, 0.3) is 0 Å². The van der Waals surface area contributed by atoms with Crippen molar-refractivity contribution in [3.8, 4) is 0 Å². The first-order chi connectivity index (χ1) is 8.07. The van der Waals surface area contributed by atoms with E-state index in [1.165, 1.54) is 0 Å². The van der Waals surface area contributed by atoms with Crippen LogP contribution in [-0.2, 0) is 4.79 Å². The zero-order valence-electron chi connectivity index (χ0n) is 13.0. The van der Waals surface area contributed by atoms with Crippen molar-refractivity contribution in [3.63, 3.8) is 0 Å². The molecule has 1 fully saturated rings. The largest absolute Gasteiger partial charge is 0.340 e. The van der Waals surface area contributed by atoms with Gasteiger partial charge in [0.1, 0.15) is 0 Å². The minimum absolute atomic E-state index is 0.198. The predicted molar refractivity (Wildman–Crippen MR) is 76.5 cm³/mol. The molecule has 18 heavy (non-hydrogen) atoms. The van der Waals surface area contributed by atoms with Crippen LogP contribution in [0.15, 0.2) is 0 Å². The third-order valence-electron chi connectivity index (χ3n) is 3.24. The van der Waals surface area contributed by atoms with E-state index in [1.807, 2.05) is 4.90 Å². The number of hydrogen-bond acceptors (Lipinski definition) is 2. The molecule has 106 valence electrons. The second-order valence-electron chi connectivity index (χ2n) is 7.96. The van der Waals surface area contributed by atoms with Crippen molar-refractivity contribution in [2.75, 3.05) is 32.7 Å². The summed E-state index contributed by atoms with van der Waals surface area (Å²) in [7, 11) is 0. The van der Waals surface area contributed by atoms with Crippen molar-refractivity contribution in [2.45, 2.75) is 48.0 Å². The minimum atomic E-state index is 0.198. The summed E-state index contributed by atoms with van der Waals surface area (Å²) in [5, 5.41) is 0. The smallest absolute Gasteiger partial charge is 0.236 e. The third kappa shape index (κ3) is 5.85. The summed E-state index contributed by atoms with van der Waals surface area (Å²) < 4.78 is 0. The summed E-state index contributed by atoms with van der Waals surface area (Å²) in [6, 6.07) is 0. The Bertz CT molecular complexity index is 286. The van der Waals surface area contributed by atoms with E-state index in [4.69, 9.17) is 0 Å². The van der Waals surface area contributed by atoms with Crippen LogP contribution in [0.1, 0.15) is 48.0 Å². The highest BCUT2D eigenvalue weighted by Gasteiger charge is 2.27. The Hall–Kier alpha value is -0.570. The van der Waals surface area contributed by atoms with Gasteiger partial charge in [0.15, 0.2) is 0 Å². The van der Waals surface area contributed by atoms with E-state index in [1.54, 1.807) is 0 Å². The van der Waals surface area contributed by atoms with E-state index >= 15 is 0 Å². The number of carbonyl (C=O) groups is 1. The highest BCUT2D eigenvalue weighted by molar-refractivity contribution is 5.79. The van der Waals surface area contributed by atoms with Crippen LogP contribution in [0.5, 0.6) is 0 Å². The van der Waals surface area contributed by atoms with Gasteiger partial charge in [-0.3, -0.25) is 9.69 Å². The summed E-state index contributed by atoms with van der Waals surface area (Å²) in [6.07, 6.45) is 1.15. The van der Waals surface area contributed by atoms with E-state index in [9.17, 15) is 4.79 Å². The van der Waals surface area contributed by atoms with E-state index in [0.717, 1.165) is 32.6 Å². The van der Waals surface area contributed by atoms with Crippen molar-refractivity contribution in [1.82, 2.24) is 9.80 Å². The lowest BCUT2D eigenvalue weighted by Gasteiger charge is -2.38. The molecule has 3 heteroatoms. The molecule has 1 amide bonds. The number of nitrogens with zero attached hydrogens (tertiary/aromatic N) is 2. The van der Waals surface area contributed by atoms with Crippen LogP contribution >= 0.6 is 0 Å². The molecule has 0 aliphatic carbocycles. The van der Waals surface area contributed by atoms with E-state index < -0.39 is 0 Å². The first-order valence-electron chi connectivity index (χ1n) is 7.07. The maximum Gasteiger partial charge on any atom is 0.236 e.